The van der Waals surface area contributed by atoms with Gasteiger partial charge in [0.1, 0.15) is 6.07 Å². The summed E-state index contributed by atoms with van der Waals surface area (Å²) in [6.07, 6.45) is 8.44. The van der Waals surface area contributed by atoms with Gasteiger partial charge < -0.3 is 5.32 Å². The molecule has 0 aliphatic heterocycles. The molecular formula is C25H20N8. The van der Waals surface area contributed by atoms with Gasteiger partial charge in [-0.3, -0.25) is 19.9 Å². The van der Waals surface area contributed by atoms with E-state index in [1.165, 1.54) is 0 Å². The minimum atomic E-state index is 0.408. The number of pyridine rings is 3. The van der Waals surface area contributed by atoms with Gasteiger partial charge in [0.15, 0.2) is 0 Å². The number of aliphatic imine (C=N–C) groups is 1. The summed E-state index contributed by atoms with van der Waals surface area (Å²) in [5, 5.41) is 12.8. The fourth-order valence-corrected chi connectivity index (χ4v) is 3.28. The van der Waals surface area contributed by atoms with Crippen molar-refractivity contribution in [3.8, 4) is 28.7 Å². The monoisotopic (exact) mass is 432 g/mol. The summed E-state index contributed by atoms with van der Waals surface area (Å²) >= 11 is 0. The standard InChI is InChI=1S/C25H20N8/c1-4-18-11-22(30-15-23(18)27-3)21-6-8-29-25(33-21)32-14-17-10-20(12-26)24(31-13-17)19-5-7-28-16(2)9-19/h4-11,13,15H,1,3,14H2,2H3,(H,29,32,33). The molecule has 0 saturated heterocycles. The van der Waals surface area contributed by atoms with Crippen molar-refractivity contribution in [1.29, 1.82) is 5.26 Å². The van der Waals surface area contributed by atoms with Gasteiger partial charge >= 0.3 is 0 Å². The third kappa shape index (κ3) is 4.78. The van der Waals surface area contributed by atoms with Gasteiger partial charge in [-0.05, 0) is 49.5 Å². The Morgan fingerprint density at radius 3 is 2.67 bits per heavy atom. The van der Waals surface area contributed by atoms with E-state index >= 15 is 0 Å². The largest absolute Gasteiger partial charge is 0.350 e. The lowest BCUT2D eigenvalue weighted by atomic mass is 10.1. The summed E-state index contributed by atoms with van der Waals surface area (Å²) in [6.45, 7) is 9.66. The van der Waals surface area contributed by atoms with Gasteiger partial charge in [0.25, 0.3) is 0 Å². The van der Waals surface area contributed by atoms with E-state index in [0.29, 0.717) is 40.8 Å². The molecule has 0 spiro atoms. The molecule has 8 nitrogen and oxygen atoms in total. The molecule has 0 fully saturated rings. The molecule has 4 aromatic rings. The number of aromatic nitrogens is 5. The summed E-state index contributed by atoms with van der Waals surface area (Å²) < 4.78 is 0. The SMILES string of the molecule is C=Cc1cc(-c2ccnc(NCc3cnc(-c4ccnc(C)c4)c(C#N)c3)n2)ncc1N=C. The third-order valence-corrected chi connectivity index (χ3v) is 4.91. The van der Waals surface area contributed by atoms with Gasteiger partial charge in [-0.2, -0.15) is 5.26 Å². The molecule has 0 amide bonds. The van der Waals surface area contributed by atoms with E-state index in [4.69, 9.17) is 0 Å². The van der Waals surface area contributed by atoms with Crippen molar-refractivity contribution < 1.29 is 0 Å². The summed E-state index contributed by atoms with van der Waals surface area (Å²) in [4.78, 5) is 25.9. The maximum Gasteiger partial charge on any atom is 0.223 e. The Labute approximate surface area is 191 Å². The van der Waals surface area contributed by atoms with Gasteiger partial charge in [0.2, 0.25) is 5.95 Å². The summed E-state index contributed by atoms with van der Waals surface area (Å²) in [5.41, 5.74) is 6.50. The van der Waals surface area contributed by atoms with Crippen LogP contribution in [0.4, 0.5) is 11.6 Å². The predicted octanol–water partition coefficient (Wildman–Crippen LogP) is 4.76. The quantitative estimate of drug-likeness (QED) is 0.419. The highest BCUT2D eigenvalue weighted by Crippen LogP contribution is 2.25. The highest BCUT2D eigenvalue weighted by atomic mass is 15.1. The normalized spacial score (nSPS) is 10.3. The summed E-state index contributed by atoms with van der Waals surface area (Å²) in [6, 6.07) is 11.4. The van der Waals surface area contributed by atoms with Gasteiger partial charge in [0, 0.05) is 42.0 Å². The van der Waals surface area contributed by atoms with E-state index < -0.39 is 0 Å². The Kier molecular flexibility index (Phi) is 6.23. The molecule has 0 aliphatic rings. The van der Waals surface area contributed by atoms with Crippen LogP contribution in [0, 0.1) is 18.3 Å². The summed E-state index contributed by atoms with van der Waals surface area (Å²) in [5.74, 6) is 0.438. The van der Waals surface area contributed by atoms with Crippen molar-refractivity contribution in [1.82, 2.24) is 24.9 Å². The van der Waals surface area contributed by atoms with E-state index in [1.54, 1.807) is 36.9 Å². The lowest BCUT2D eigenvalue weighted by molar-refractivity contribution is 1.04. The number of nitrogens with zero attached hydrogens (tertiary/aromatic N) is 7. The zero-order valence-corrected chi connectivity index (χ0v) is 18.0. The van der Waals surface area contributed by atoms with E-state index in [-0.39, 0.29) is 0 Å². The molecule has 8 heteroatoms. The van der Waals surface area contributed by atoms with Crippen molar-refractivity contribution in [3.05, 3.63) is 84.1 Å². The fourth-order valence-electron chi connectivity index (χ4n) is 3.28. The smallest absolute Gasteiger partial charge is 0.223 e. The average molecular weight is 432 g/mol. The van der Waals surface area contributed by atoms with Crippen LogP contribution in [-0.4, -0.2) is 31.6 Å². The lowest BCUT2D eigenvalue weighted by Gasteiger charge is -2.09. The number of rotatable bonds is 7. The number of hydrogen-bond donors (Lipinski definition) is 1. The molecule has 33 heavy (non-hydrogen) atoms. The number of aryl methyl sites for hydroxylation is 1. The van der Waals surface area contributed by atoms with Crippen LogP contribution in [0.2, 0.25) is 0 Å². The first kappa shape index (κ1) is 21.5. The third-order valence-electron chi connectivity index (χ3n) is 4.91. The molecular weight excluding hydrogens is 412 g/mol. The van der Waals surface area contributed by atoms with Crippen molar-refractivity contribution in [2.24, 2.45) is 4.99 Å². The fraction of sp³-hybridized carbons (Fsp3) is 0.0800. The van der Waals surface area contributed by atoms with E-state index in [2.05, 4.69) is 54.6 Å². The molecule has 0 aromatic carbocycles. The highest BCUT2D eigenvalue weighted by molar-refractivity contribution is 5.70. The van der Waals surface area contributed by atoms with Crippen molar-refractivity contribution >= 4 is 24.4 Å². The van der Waals surface area contributed by atoms with Crippen LogP contribution < -0.4 is 5.32 Å². The first-order valence-electron chi connectivity index (χ1n) is 10.1. The van der Waals surface area contributed by atoms with Crippen LogP contribution >= 0.6 is 0 Å². The number of nitriles is 1. The van der Waals surface area contributed by atoms with Gasteiger partial charge in [-0.1, -0.05) is 12.7 Å². The molecule has 0 atom stereocenters. The van der Waals surface area contributed by atoms with Gasteiger partial charge in [-0.15, -0.1) is 0 Å². The summed E-state index contributed by atoms with van der Waals surface area (Å²) in [7, 11) is 0. The molecule has 4 rings (SSSR count). The van der Waals surface area contributed by atoms with Crippen LogP contribution in [-0.2, 0) is 6.54 Å². The highest BCUT2D eigenvalue weighted by Gasteiger charge is 2.10. The van der Waals surface area contributed by atoms with Gasteiger partial charge in [0.05, 0.1) is 34.5 Å². The minimum absolute atomic E-state index is 0.408. The first-order valence-corrected chi connectivity index (χ1v) is 10.1. The number of nitrogens with one attached hydrogen (secondary N) is 1. The zero-order chi connectivity index (χ0) is 23.2. The Balaban J connectivity index is 1.54. The molecule has 0 saturated carbocycles. The first-order chi connectivity index (χ1) is 16.1. The van der Waals surface area contributed by atoms with Crippen LogP contribution in [0.3, 0.4) is 0 Å². The van der Waals surface area contributed by atoms with Gasteiger partial charge in [-0.25, -0.2) is 9.97 Å². The maximum atomic E-state index is 9.63. The second-order valence-electron chi connectivity index (χ2n) is 7.15. The number of anilines is 1. The van der Waals surface area contributed by atoms with E-state index in [0.717, 1.165) is 22.4 Å². The van der Waals surface area contributed by atoms with Crippen LogP contribution in [0.25, 0.3) is 28.7 Å². The molecule has 0 unspecified atom stereocenters. The minimum Gasteiger partial charge on any atom is -0.350 e. The Morgan fingerprint density at radius 2 is 1.91 bits per heavy atom. The molecule has 0 radical (unpaired) electrons. The van der Waals surface area contributed by atoms with Crippen molar-refractivity contribution in [2.75, 3.05) is 5.32 Å². The second-order valence-corrected chi connectivity index (χ2v) is 7.15. The Hall–Kier alpha value is -4.77. The maximum absolute atomic E-state index is 9.63. The Morgan fingerprint density at radius 1 is 1.06 bits per heavy atom. The van der Waals surface area contributed by atoms with Crippen LogP contribution in [0.1, 0.15) is 22.4 Å². The van der Waals surface area contributed by atoms with E-state index in [1.807, 2.05) is 31.2 Å². The zero-order valence-electron chi connectivity index (χ0n) is 18.0. The molecule has 4 aromatic heterocycles. The average Bonchev–Trinajstić information content (AvgIpc) is 2.87. The molecule has 4 heterocycles. The van der Waals surface area contributed by atoms with Crippen LogP contribution in [0.5, 0.6) is 0 Å². The van der Waals surface area contributed by atoms with Crippen molar-refractivity contribution in [2.45, 2.75) is 13.5 Å². The molecule has 160 valence electrons. The number of hydrogen-bond acceptors (Lipinski definition) is 8. The lowest BCUT2D eigenvalue weighted by Crippen LogP contribution is -2.05. The topological polar surface area (TPSA) is 113 Å². The van der Waals surface area contributed by atoms with Crippen molar-refractivity contribution in [3.63, 3.8) is 0 Å². The molecule has 1 N–H and O–H groups in total. The van der Waals surface area contributed by atoms with E-state index in [9.17, 15) is 5.26 Å². The molecule has 0 aliphatic carbocycles. The second kappa shape index (κ2) is 9.58. The molecule has 0 bridgehead atoms. The predicted molar refractivity (Wildman–Crippen MR) is 129 cm³/mol. The van der Waals surface area contributed by atoms with Crippen LogP contribution in [0.15, 0.2) is 66.7 Å². The Bertz CT molecular complexity index is 1390.